The zero-order chi connectivity index (χ0) is 11.9. The maximum atomic E-state index is 11.3. The number of hydrogen-bond acceptors (Lipinski definition) is 4. The highest BCUT2D eigenvalue weighted by Crippen LogP contribution is 2.40. The molecule has 3 saturated heterocycles. The zero-order valence-electron chi connectivity index (χ0n) is 10.2. The van der Waals surface area contributed by atoms with Gasteiger partial charge in [-0.25, -0.2) is 8.42 Å². The maximum absolute atomic E-state index is 11.3. The number of nitrogens with zero attached hydrogens (tertiary/aromatic N) is 1. The lowest BCUT2D eigenvalue weighted by Crippen LogP contribution is -2.41. The minimum absolute atomic E-state index is 0.347. The average molecular weight is 259 g/mol. The normalized spacial score (nSPS) is 40.8. The van der Waals surface area contributed by atoms with Crippen LogP contribution in [0, 0.1) is 5.92 Å². The third kappa shape index (κ3) is 2.66. The van der Waals surface area contributed by atoms with Crippen LogP contribution in [-0.2, 0) is 14.6 Å². The Hall–Kier alpha value is -0.130. The smallest absolute Gasteiger partial charge is 0.152 e. The first-order valence-corrected chi connectivity index (χ1v) is 8.53. The fourth-order valence-corrected chi connectivity index (χ4v) is 4.65. The summed E-state index contributed by atoms with van der Waals surface area (Å²) in [7, 11) is -2.73. The van der Waals surface area contributed by atoms with Crippen LogP contribution < -0.4 is 0 Å². The summed E-state index contributed by atoms with van der Waals surface area (Å²) in [5.74, 6) is 1.42. The lowest BCUT2D eigenvalue weighted by atomic mass is 9.87. The van der Waals surface area contributed by atoms with Crippen LogP contribution in [0.25, 0.3) is 0 Å². The van der Waals surface area contributed by atoms with E-state index in [0.717, 1.165) is 25.6 Å². The number of sulfone groups is 1. The summed E-state index contributed by atoms with van der Waals surface area (Å²) < 4.78 is 28.5. The number of ether oxygens (including phenoxy) is 1. The molecule has 5 heteroatoms. The second-order valence-corrected chi connectivity index (χ2v) is 7.96. The molecule has 3 heterocycles. The van der Waals surface area contributed by atoms with E-state index in [1.807, 2.05) is 0 Å². The highest BCUT2D eigenvalue weighted by atomic mass is 32.2. The number of fused-ring (bicyclic) bond motifs is 2. The van der Waals surface area contributed by atoms with Crippen LogP contribution in [-0.4, -0.2) is 56.7 Å². The molecule has 3 fully saturated rings. The Kier molecular flexibility index (Phi) is 3.17. The Morgan fingerprint density at radius 1 is 1.18 bits per heavy atom. The molecule has 4 nitrogen and oxygen atoms in total. The van der Waals surface area contributed by atoms with E-state index in [0.29, 0.717) is 23.7 Å². The van der Waals surface area contributed by atoms with Gasteiger partial charge in [-0.15, -0.1) is 0 Å². The topological polar surface area (TPSA) is 46.6 Å². The quantitative estimate of drug-likeness (QED) is 0.747. The highest BCUT2D eigenvalue weighted by Gasteiger charge is 2.40. The van der Waals surface area contributed by atoms with Crippen LogP contribution in [0.3, 0.4) is 0 Å². The lowest BCUT2D eigenvalue weighted by molar-refractivity contribution is 0.0891. The molecule has 0 radical (unpaired) electrons. The SMILES string of the molecule is O=S1(=O)CCN(CCC2CC3CCC2O3)CC1. The van der Waals surface area contributed by atoms with Crippen molar-refractivity contribution >= 4 is 9.84 Å². The molecule has 3 aliphatic rings. The molecule has 0 amide bonds. The van der Waals surface area contributed by atoms with E-state index in [1.165, 1.54) is 25.7 Å². The van der Waals surface area contributed by atoms with Crippen LogP contribution in [0.2, 0.25) is 0 Å². The molecule has 17 heavy (non-hydrogen) atoms. The van der Waals surface area contributed by atoms with Gasteiger partial charge in [0.05, 0.1) is 23.7 Å². The molecular weight excluding hydrogens is 238 g/mol. The summed E-state index contributed by atoms with van der Waals surface area (Å²) in [4.78, 5) is 2.30. The van der Waals surface area contributed by atoms with E-state index in [9.17, 15) is 8.42 Å². The third-order valence-electron chi connectivity index (χ3n) is 4.48. The predicted molar refractivity (Wildman–Crippen MR) is 65.7 cm³/mol. The second-order valence-electron chi connectivity index (χ2n) is 5.65. The van der Waals surface area contributed by atoms with E-state index < -0.39 is 9.84 Å². The number of rotatable bonds is 3. The minimum atomic E-state index is -2.73. The maximum Gasteiger partial charge on any atom is 0.152 e. The van der Waals surface area contributed by atoms with Gasteiger partial charge < -0.3 is 9.64 Å². The highest BCUT2D eigenvalue weighted by molar-refractivity contribution is 7.91. The molecule has 98 valence electrons. The summed E-state index contributed by atoms with van der Waals surface area (Å²) in [6, 6.07) is 0. The molecule has 0 aromatic carbocycles. The third-order valence-corrected chi connectivity index (χ3v) is 6.09. The molecule has 3 rings (SSSR count). The van der Waals surface area contributed by atoms with Gasteiger partial charge in [-0.05, 0) is 38.1 Å². The van der Waals surface area contributed by atoms with Crippen molar-refractivity contribution in [1.82, 2.24) is 4.90 Å². The van der Waals surface area contributed by atoms with Crippen molar-refractivity contribution in [3.8, 4) is 0 Å². The molecule has 3 unspecified atom stereocenters. The molecular formula is C12H21NO3S. The second kappa shape index (κ2) is 4.52. The van der Waals surface area contributed by atoms with Gasteiger partial charge >= 0.3 is 0 Å². The lowest BCUT2D eigenvalue weighted by Gasteiger charge is -2.28. The molecule has 0 aliphatic carbocycles. The van der Waals surface area contributed by atoms with E-state index in [2.05, 4.69) is 4.90 Å². The molecule has 0 saturated carbocycles. The Morgan fingerprint density at radius 2 is 1.94 bits per heavy atom. The van der Waals surface area contributed by atoms with Gasteiger partial charge in [-0.2, -0.15) is 0 Å². The van der Waals surface area contributed by atoms with Crippen molar-refractivity contribution < 1.29 is 13.2 Å². The molecule has 0 aromatic heterocycles. The van der Waals surface area contributed by atoms with Gasteiger partial charge in [0.25, 0.3) is 0 Å². The fraction of sp³-hybridized carbons (Fsp3) is 1.00. The van der Waals surface area contributed by atoms with Gasteiger partial charge in [0, 0.05) is 13.1 Å². The van der Waals surface area contributed by atoms with E-state index in [-0.39, 0.29) is 0 Å². The van der Waals surface area contributed by atoms with Gasteiger partial charge in [-0.1, -0.05) is 0 Å². The Morgan fingerprint density at radius 3 is 2.53 bits per heavy atom. The summed E-state index contributed by atoms with van der Waals surface area (Å²) in [6.07, 6.45) is 5.95. The first-order valence-electron chi connectivity index (χ1n) is 6.71. The minimum Gasteiger partial charge on any atom is -0.375 e. The van der Waals surface area contributed by atoms with Crippen LogP contribution in [0.15, 0.2) is 0 Å². The van der Waals surface area contributed by atoms with Gasteiger partial charge in [-0.3, -0.25) is 0 Å². The van der Waals surface area contributed by atoms with Crippen LogP contribution in [0.4, 0.5) is 0 Å². The van der Waals surface area contributed by atoms with Crippen LogP contribution in [0.5, 0.6) is 0 Å². The van der Waals surface area contributed by atoms with Crippen molar-refractivity contribution in [3.05, 3.63) is 0 Å². The first-order chi connectivity index (χ1) is 8.12. The molecule has 0 N–H and O–H groups in total. The standard InChI is InChI=1S/C12H21NO3S/c14-17(15)7-5-13(6-8-17)4-3-10-9-11-1-2-12(10)16-11/h10-12H,1-9H2. The van der Waals surface area contributed by atoms with Crippen molar-refractivity contribution in [2.75, 3.05) is 31.1 Å². The fourth-order valence-electron chi connectivity index (χ4n) is 3.37. The van der Waals surface area contributed by atoms with Crippen molar-refractivity contribution in [3.63, 3.8) is 0 Å². The van der Waals surface area contributed by atoms with E-state index >= 15 is 0 Å². The zero-order valence-corrected chi connectivity index (χ0v) is 11.0. The molecule has 0 spiro atoms. The summed E-state index contributed by atoms with van der Waals surface area (Å²) >= 11 is 0. The summed E-state index contributed by atoms with van der Waals surface area (Å²) in [5.41, 5.74) is 0. The Balaban J connectivity index is 1.43. The summed E-state index contributed by atoms with van der Waals surface area (Å²) in [6.45, 7) is 2.50. The van der Waals surface area contributed by atoms with E-state index in [1.54, 1.807) is 0 Å². The Bertz CT molecular complexity index is 367. The number of hydrogen-bond donors (Lipinski definition) is 0. The van der Waals surface area contributed by atoms with Crippen molar-refractivity contribution in [1.29, 1.82) is 0 Å². The van der Waals surface area contributed by atoms with Gasteiger partial charge in [0.1, 0.15) is 0 Å². The molecule has 2 bridgehead atoms. The van der Waals surface area contributed by atoms with Gasteiger partial charge in [0.2, 0.25) is 0 Å². The largest absolute Gasteiger partial charge is 0.375 e. The predicted octanol–water partition coefficient (Wildman–Crippen LogP) is 0.674. The van der Waals surface area contributed by atoms with Crippen LogP contribution in [0.1, 0.15) is 25.7 Å². The van der Waals surface area contributed by atoms with Crippen molar-refractivity contribution in [2.45, 2.75) is 37.9 Å². The molecule has 3 aliphatic heterocycles. The molecule has 0 aromatic rings. The first kappa shape index (κ1) is 11.9. The Labute approximate surface area is 103 Å². The van der Waals surface area contributed by atoms with Gasteiger partial charge in [0.15, 0.2) is 9.84 Å². The van der Waals surface area contributed by atoms with Crippen molar-refractivity contribution in [2.24, 2.45) is 5.92 Å². The van der Waals surface area contributed by atoms with E-state index in [4.69, 9.17) is 4.74 Å². The molecule has 3 atom stereocenters. The van der Waals surface area contributed by atoms with Crippen LogP contribution >= 0.6 is 0 Å². The average Bonchev–Trinajstić information content (AvgIpc) is 2.89. The monoisotopic (exact) mass is 259 g/mol. The summed E-state index contributed by atoms with van der Waals surface area (Å²) in [5, 5.41) is 0.